The maximum atomic E-state index is 10.6. The Bertz CT molecular complexity index is 425. The van der Waals surface area contributed by atoms with Crippen LogP contribution in [0.4, 0.5) is 10.5 Å². The van der Waals surface area contributed by atoms with Crippen LogP contribution in [-0.4, -0.2) is 55.2 Å². The van der Waals surface area contributed by atoms with Gasteiger partial charge in [-0.1, -0.05) is 18.2 Å². The van der Waals surface area contributed by atoms with Crippen molar-refractivity contribution in [2.24, 2.45) is 0 Å². The first-order chi connectivity index (χ1) is 9.96. The third-order valence-electron chi connectivity index (χ3n) is 2.88. The first-order valence-electron chi connectivity index (χ1n) is 6.96. The molecule has 21 heavy (non-hydrogen) atoms. The van der Waals surface area contributed by atoms with Gasteiger partial charge in [0.05, 0.1) is 0 Å². The third-order valence-corrected chi connectivity index (χ3v) is 3.29. The fourth-order valence-corrected chi connectivity index (χ4v) is 1.47. The molecule has 0 radical (unpaired) electrons. The first kappa shape index (κ1) is 19.2. The Morgan fingerprint density at radius 3 is 2.00 bits per heavy atom. The van der Waals surface area contributed by atoms with Crippen molar-refractivity contribution in [2.45, 2.75) is 13.8 Å². The summed E-state index contributed by atoms with van der Waals surface area (Å²) in [5.74, 6) is 0. The van der Waals surface area contributed by atoms with Crippen molar-refractivity contribution >= 4 is 29.0 Å². The molecule has 0 aliphatic rings. The first-order valence-corrected chi connectivity index (χ1v) is 7.37. The molecule has 0 heterocycles. The van der Waals surface area contributed by atoms with Crippen LogP contribution in [0.2, 0.25) is 0 Å². The predicted octanol–water partition coefficient (Wildman–Crippen LogP) is 2.61. The Labute approximate surface area is 133 Å². The molecule has 5 nitrogen and oxygen atoms in total. The number of nitrogens with zero attached hydrogens (tertiary/aromatic N) is 2. The average molecular weight is 310 g/mol. The highest BCUT2D eigenvalue weighted by Crippen LogP contribution is 2.05. The van der Waals surface area contributed by atoms with E-state index in [4.69, 9.17) is 12.2 Å². The van der Waals surface area contributed by atoms with E-state index in [1.54, 1.807) is 19.0 Å². The molecule has 0 aromatic heterocycles. The van der Waals surface area contributed by atoms with E-state index in [2.05, 4.69) is 17.6 Å². The number of anilines is 1. The van der Waals surface area contributed by atoms with E-state index in [0.717, 1.165) is 23.9 Å². The molecule has 0 bridgehead atoms. The second kappa shape index (κ2) is 10.9. The topological polar surface area (TPSA) is 47.6 Å². The molecule has 0 saturated heterocycles. The Hall–Kier alpha value is -1.82. The highest BCUT2D eigenvalue weighted by atomic mass is 32.1. The smallest absolute Gasteiger partial charge is 0.316 e. The fraction of sp³-hybridized carbons (Fsp3) is 0.467. The maximum Gasteiger partial charge on any atom is 0.316 e. The Kier molecular flexibility index (Phi) is 9.96. The number of rotatable bonds is 3. The van der Waals surface area contributed by atoms with Crippen LogP contribution in [-0.2, 0) is 0 Å². The van der Waals surface area contributed by atoms with Gasteiger partial charge < -0.3 is 20.4 Å². The second-order valence-corrected chi connectivity index (χ2v) is 4.77. The quantitative estimate of drug-likeness (QED) is 0.843. The molecule has 0 atom stereocenters. The van der Waals surface area contributed by atoms with Crippen LogP contribution in [0.1, 0.15) is 13.8 Å². The van der Waals surface area contributed by atoms with Gasteiger partial charge in [-0.05, 0) is 38.2 Å². The van der Waals surface area contributed by atoms with Crippen LogP contribution in [0, 0.1) is 0 Å². The molecule has 0 aliphatic heterocycles. The van der Waals surface area contributed by atoms with Gasteiger partial charge in [0.1, 0.15) is 0 Å². The molecule has 0 saturated carbocycles. The summed E-state index contributed by atoms with van der Waals surface area (Å²) in [7, 11) is 5.34. The lowest BCUT2D eigenvalue weighted by molar-refractivity contribution is 0.213. The lowest BCUT2D eigenvalue weighted by atomic mass is 10.3. The van der Waals surface area contributed by atoms with Crippen LogP contribution in [0.15, 0.2) is 30.3 Å². The molecular weight excluding hydrogens is 284 g/mol. The van der Waals surface area contributed by atoms with Crippen molar-refractivity contribution in [1.29, 1.82) is 0 Å². The van der Waals surface area contributed by atoms with Gasteiger partial charge in [0.2, 0.25) is 0 Å². The number of carbonyl (C=O) groups excluding carboxylic acids is 1. The van der Waals surface area contributed by atoms with Crippen molar-refractivity contribution in [3.8, 4) is 0 Å². The fourth-order valence-electron chi connectivity index (χ4n) is 1.22. The number of carbonyl (C=O) groups is 1. The average Bonchev–Trinajstić information content (AvgIpc) is 2.53. The van der Waals surface area contributed by atoms with E-state index in [1.807, 2.05) is 49.2 Å². The van der Waals surface area contributed by atoms with Gasteiger partial charge in [0, 0.05) is 39.9 Å². The number of para-hydroxylation sites is 1. The summed E-state index contributed by atoms with van der Waals surface area (Å²) >= 11 is 5.17. The minimum atomic E-state index is -0.0347. The van der Waals surface area contributed by atoms with Crippen LogP contribution < -0.4 is 10.6 Å². The van der Waals surface area contributed by atoms with Crippen molar-refractivity contribution < 1.29 is 4.79 Å². The third kappa shape index (κ3) is 8.14. The standard InChI is InChI=1S/C10H14N2S.C5H12N2O/c1-3-12(2)10(13)11-9-7-5-4-6-8-9;1-4-7(3)5(8)6-2/h4-8H,3H2,1-2H3,(H,11,13);4H2,1-3H3,(H,6,8). The van der Waals surface area contributed by atoms with E-state index in [0.29, 0.717) is 0 Å². The molecular formula is C15H26N4OS. The number of hydrogen-bond donors (Lipinski definition) is 2. The van der Waals surface area contributed by atoms with Crippen LogP contribution >= 0.6 is 12.2 Å². The molecule has 1 aromatic carbocycles. The maximum absolute atomic E-state index is 10.6. The Morgan fingerprint density at radius 2 is 1.62 bits per heavy atom. The lowest BCUT2D eigenvalue weighted by Crippen LogP contribution is -2.34. The highest BCUT2D eigenvalue weighted by molar-refractivity contribution is 7.80. The highest BCUT2D eigenvalue weighted by Gasteiger charge is 2.00. The van der Waals surface area contributed by atoms with Gasteiger partial charge in [0.15, 0.2) is 5.11 Å². The summed E-state index contributed by atoms with van der Waals surface area (Å²) in [6, 6.07) is 9.91. The van der Waals surface area contributed by atoms with E-state index >= 15 is 0 Å². The number of hydrogen-bond acceptors (Lipinski definition) is 2. The van der Waals surface area contributed by atoms with Gasteiger partial charge in [-0.3, -0.25) is 0 Å². The summed E-state index contributed by atoms with van der Waals surface area (Å²) in [6.45, 7) is 5.66. The summed E-state index contributed by atoms with van der Waals surface area (Å²) in [6.07, 6.45) is 0. The molecule has 0 aliphatic carbocycles. The number of amides is 2. The van der Waals surface area contributed by atoms with Crippen molar-refractivity contribution in [3.05, 3.63) is 30.3 Å². The summed E-state index contributed by atoms with van der Waals surface area (Å²) in [4.78, 5) is 14.1. The van der Waals surface area contributed by atoms with Crippen LogP contribution in [0.3, 0.4) is 0 Å². The number of benzene rings is 1. The van der Waals surface area contributed by atoms with Crippen molar-refractivity contribution in [2.75, 3.05) is 39.5 Å². The van der Waals surface area contributed by atoms with Crippen LogP contribution in [0.5, 0.6) is 0 Å². The van der Waals surface area contributed by atoms with Crippen LogP contribution in [0.25, 0.3) is 0 Å². The molecule has 1 aromatic rings. The molecule has 0 unspecified atom stereocenters. The van der Waals surface area contributed by atoms with E-state index in [1.165, 1.54) is 0 Å². The zero-order chi connectivity index (χ0) is 16.3. The van der Waals surface area contributed by atoms with Gasteiger partial charge in [-0.15, -0.1) is 0 Å². The second-order valence-electron chi connectivity index (χ2n) is 4.38. The Morgan fingerprint density at radius 1 is 1.10 bits per heavy atom. The molecule has 0 spiro atoms. The largest absolute Gasteiger partial charge is 0.352 e. The van der Waals surface area contributed by atoms with E-state index in [9.17, 15) is 4.79 Å². The number of urea groups is 1. The van der Waals surface area contributed by atoms with Gasteiger partial charge in [-0.2, -0.15) is 0 Å². The predicted molar refractivity (Wildman–Crippen MR) is 93.7 cm³/mol. The van der Waals surface area contributed by atoms with E-state index < -0.39 is 0 Å². The van der Waals surface area contributed by atoms with Gasteiger partial charge >= 0.3 is 6.03 Å². The molecule has 118 valence electrons. The number of thiocarbonyl (C=S) groups is 1. The molecule has 0 fully saturated rings. The molecule has 2 amide bonds. The summed E-state index contributed by atoms with van der Waals surface area (Å²) in [5.41, 5.74) is 1.04. The van der Waals surface area contributed by atoms with Crippen molar-refractivity contribution in [1.82, 2.24) is 15.1 Å². The SMILES string of the molecule is CCN(C)C(=O)NC.CCN(C)C(=S)Nc1ccccc1. The monoisotopic (exact) mass is 310 g/mol. The minimum absolute atomic E-state index is 0.0347. The normalized spacial score (nSPS) is 9.00. The zero-order valence-electron chi connectivity index (χ0n) is 13.5. The molecule has 2 N–H and O–H groups in total. The summed E-state index contributed by atoms with van der Waals surface area (Å²) in [5, 5.41) is 6.41. The molecule has 1 rings (SSSR count). The van der Waals surface area contributed by atoms with Gasteiger partial charge in [-0.25, -0.2) is 4.79 Å². The summed E-state index contributed by atoms with van der Waals surface area (Å²) < 4.78 is 0. The van der Waals surface area contributed by atoms with Gasteiger partial charge in [0.25, 0.3) is 0 Å². The van der Waals surface area contributed by atoms with E-state index in [-0.39, 0.29) is 6.03 Å². The number of nitrogens with one attached hydrogen (secondary N) is 2. The van der Waals surface area contributed by atoms with Crippen molar-refractivity contribution in [3.63, 3.8) is 0 Å². The lowest BCUT2D eigenvalue weighted by Gasteiger charge is -2.18. The zero-order valence-corrected chi connectivity index (χ0v) is 14.3. The minimum Gasteiger partial charge on any atom is -0.352 e. The molecule has 6 heteroatoms. The Balaban J connectivity index is 0.000000433.